The van der Waals surface area contributed by atoms with Gasteiger partial charge in [-0.15, -0.1) is 0 Å². The molecule has 0 saturated carbocycles. The van der Waals surface area contributed by atoms with Crippen LogP contribution in [-0.4, -0.2) is 27.5 Å². The highest BCUT2D eigenvalue weighted by Crippen LogP contribution is 2.25. The van der Waals surface area contributed by atoms with E-state index in [1.54, 1.807) is 12.1 Å². The maximum Gasteiger partial charge on any atom is 0.129 e. The van der Waals surface area contributed by atoms with Crippen LogP contribution in [-0.2, 0) is 13.1 Å². The predicted molar refractivity (Wildman–Crippen MR) is 104 cm³/mol. The van der Waals surface area contributed by atoms with E-state index in [0.717, 1.165) is 36.5 Å². The molecule has 0 aliphatic carbocycles. The minimum absolute atomic E-state index is 0.268. The Morgan fingerprint density at radius 3 is 2.46 bits per heavy atom. The average Bonchev–Trinajstić information content (AvgIpc) is 2.79. The number of hydrogen-bond acceptors (Lipinski definition) is 2. The minimum atomic E-state index is -0.268. The van der Waals surface area contributed by atoms with Gasteiger partial charge in [0.25, 0.3) is 0 Å². The molecule has 26 heavy (non-hydrogen) atoms. The minimum Gasteiger partial charge on any atom is -0.322 e. The number of benzene rings is 2. The van der Waals surface area contributed by atoms with Gasteiger partial charge in [0.15, 0.2) is 0 Å². The number of fused-ring (bicyclic) bond motifs is 1. The summed E-state index contributed by atoms with van der Waals surface area (Å²) in [5, 5.41) is 0.462. The number of likely N-dealkylation sites (tertiary alicyclic amines) is 1. The summed E-state index contributed by atoms with van der Waals surface area (Å²) in [7, 11) is 0. The molecular weight excluding hydrogens is 349 g/mol. The lowest BCUT2D eigenvalue weighted by atomic mass is 10.2. The van der Waals surface area contributed by atoms with Gasteiger partial charge in [0, 0.05) is 10.6 Å². The van der Waals surface area contributed by atoms with Gasteiger partial charge < -0.3 is 4.57 Å². The molecule has 0 N–H and O–H groups in total. The number of halogens is 2. The molecule has 3 nitrogen and oxygen atoms in total. The van der Waals surface area contributed by atoms with E-state index in [-0.39, 0.29) is 5.82 Å². The van der Waals surface area contributed by atoms with Crippen LogP contribution < -0.4 is 0 Å². The molecule has 0 amide bonds. The van der Waals surface area contributed by atoms with E-state index < -0.39 is 0 Å². The maximum absolute atomic E-state index is 14.4. The number of aromatic nitrogens is 2. The van der Waals surface area contributed by atoms with Crippen LogP contribution in [0.25, 0.3) is 11.0 Å². The van der Waals surface area contributed by atoms with Crippen LogP contribution in [0.15, 0.2) is 42.5 Å². The van der Waals surface area contributed by atoms with E-state index in [1.807, 2.05) is 24.3 Å². The van der Waals surface area contributed by atoms with Crippen molar-refractivity contribution in [2.75, 3.05) is 13.1 Å². The second-order valence-corrected chi connectivity index (χ2v) is 7.40. The van der Waals surface area contributed by atoms with Crippen molar-refractivity contribution in [2.24, 2.45) is 0 Å². The van der Waals surface area contributed by atoms with E-state index in [1.165, 1.54) is 31.7 Å². The SMILES string of the molecule is Fc1cccc(Cl)c1Cn1c(CN2CCCCCC2)nc2ccccc21. The summed E-state index contributed by atoms with van der Waals surface area (Å²) in [6, 6.07) is 12.9. The van der Waals surface area contributed by atoms with Crippen molar-refractivity contribution >= 4 is 22.6 Å². The summed E-state index contributed by atoms with van der Waals surface area (Å²) in [4.78, 5) is 7.31. The number of nitrogens with zero attached hydrogens (tertiary/aromatic N) is 3. The molecule has 1 aromatic heterocycles. The Bertz CT molecular complexity index is 877. The normalized spacial score (nSPS) is 16.1. The second kappa shape index (κ2) is 7.77. The fourth-order valence-corrected chi connectivity index (χ4v) is 3.98. The first-order chi connectivity index (χ1) is 12.7. The second-order valence-electron chi connectivity index (χ2n) is 6.99. The van der Waals surface area contributed by atoms with Crippen molar-refractivity contribution in [2.45, 2.75) is 38.8 Å². The van der Waals surface area contributed by atoms with Gasteiger partial charge in [-0.2, -0.15) is 0 Å². The van der Waals surface area contributed by atoms with E-state index in [4.69, 9.17) is 16.6 Å². The summed E-state index contributed by atoms with van der Waals surface area (Å²) < 4.78 is 16.5. The first-order valence-electron chi connectivity index (χ1n) is 9.32. The largest absolute Gasteiger partial charge is 0.322 e. The van der Waals surface area contributed by atoms with Gasteiger partial charge in [-0.3, -0.25) is 4.90 Å². The molecule has 2 aromatic carbocycles. The lowest BCUT2D eigenvalue weighted by Crippen LogP contribution is -2.26. The van der Waals surface area contributed by atoms with Crippen LogP contribution in [0.4, 0.5) is 4.39 Å². The molecule has 1 saturated heterocycles. The zero-order chi connectivity index (χ0) is 17.9. The molecule has 0 spiro atoms. The lowest BCUT2D eigenvalue weighted by molar-refractivity contribution is 0.267. The molecule has 1 fully saturated rings. The van der Waals surface area contributed by atoms with Gasteiger partial charge in [0.05, 0.1) is 24.1 Å². The van der Waals surface area contributed by atoms with Crippen LogP contribution in [0.2, 0.25) is 5.02 Å². The Hall–Kier alpha value is -1.91. The highest BCUT2D eigenvalue weighted by molar-refractivity contribution is 6.31. The smallest absolute Gasteiger partial charge is 0.129 e. The summed E-state index contributed by atoms with van der Waals surface area (Å²) >= 11 is 6.28. The summed E-state index contributed by atoms with van der Waals surface area (Å²) in [6.45, 7) is 3.39. The number of rotatable bonds is 4. The third-order valence-electron chi connectivity index (χ3n) is 5.18. The van der Waals surface area contributed by atoms with Gasteiger partial charge in [-0.25, -0.2) is 9.37 Å². The van der Waals surface area contributed by atoms with Gasteiger partial charge in [0.1, 0.15) is 11.6 Å². The average molecular weight is 372 g/mol. The Kier molecular flexibility index (Phi) is 5.23. The van der Waals surface area contributed by atoms with Crippen molar-refractivity contribution in [1.82, 2.24) is 14.5 Å². The molecule has 0 radical (unpaired) electrons. The Labute approximate surface area is 158 Å². The van der Waals surface area contributed by atoms with Crippen molar-refractivity contribution in [3.8, 4) is 0 Å². The van der Waals surface area contributed by atoms with Crippen LogP contribution in [0.5, 0.6) is 0 Å². The number of para-hydroxylation sites is 2. The highest BCUT2D eigenvalue weighted by Gasteiger charge is 2.18. The molecule has 1 aliphatic rings. The molecule has 1 aliphatic heterocycles. The standard InChI is InChI=1S/C21H23ClFN3/c22-17-8-7-9-18(23)16(17)14-26-20-11-4-3-10-19(20)24-21(26)15-25-12-5-1-2-6-13-25/h3-4,7-11H,1-2,5-6,12-15H2. The van der Waals surface area contributed by atoms with Crippen molar-refractivity contribution < 1.29 is 4.39 Å². The van der Waals surface area contributed by atoms with Crippen LogP contribution in [0.3, 0.4) is 0 Å². The molecule has 0 atom stereocenters. The summed E-state index contributed by atoms with van der Waals surface area (Å²) in [6.07, 6.45) is 5.08. The Morgan fingerprint density at radius 2 is 1.69 bits per heavy atom. The summed E-state index contributed by atoms with van der Waals surface area (Å²) in [5.41, 5.74) is 2.50. The van der Waals surface area contributed by atoms with Crippen molar-refractivity contribution in [3.63, 3.8) is 0 Å². The molecule has 0 unspecified atom stereocenters. The van der Waals surface area contributed by atoms with E-state index in [0.29, 0.717) is 17.1 Å². The van der Waals surface area contributed by atoms with Crippen LogP contribution in [0, 0.1) is 5.82 Å². The molecule has 5 heteroatoms. The number of hydrogen-bond donors (Lipinski definition) is 0. The first kappa shape index (κ1) is 17.5. The Balaban J connectivity index is 1.72. The number of imidazole rings is 1. The van der Waals surface area contributed by atoms with Gasteiger partial charge in [-0.1, -0.05) is 42.6 Å². The van der Waals surface area contributed by atoms with E-state index >= 15 is 0 Å². The monoisotopic (exact) mass is 371 g/mol. The highest BCUT2D eigenvalue weighted by atomic mass is 35.5. The van der Waals surface area contributed by atoms with Crippen molar-refractivity contribution in [1.29, 1.82) is 0 Å². The molecule has 2 heterocycles. The first-order valence-corrected chi connectivity index (χ1v) is 9.69. The lowest BCUT2D eigenvalue weighted by Gasteiger charge is -2.20. The quantitative estimate of drug-likeness (QED) is 0.624. The van der Waals surface area contributed by atoms with Crippen molar-refractivity contribution in [3.05, 3.63) is 64.7 Å². The third-order valence-corrected chi connectivity index (χ3v) is 5.53. The van der Waals surface area contributed by atoms with Crippen LogP contribution in [0.1, 0.15) is 37.1 Å². The third kappa shape index (κ3) is 3.62. The van der Waals surface area contributed by atoms with Crippen LogP contribution >= 0.6 is 11.6 Å². The summed E-state index contributed by atoms with van der Waals surface area (Å²) in [5.74, 6) is 0.712. The van der Waals surface area contributed by atoms with Gasteiger partial charge in [-0.05, 0) is 50.2 Å². The fourth-order valence-electron chi connectivity index (χ4n) is 3.76. The molecule has 136 valence electrons. The zero-order valence-corrected chi connectivity index (χ0v) is 15.6. The topological polar surface area (TPSA) is 21.1 Å². The Morgan fingerprint density at radius 1 is 0.923 bits per heavy atom. The molecule has 0 bridgehead atoms. The molecule has 4 rings (SSSR count). The fraction of sp³-hybridized carbons (Fsp3) is 0.381. The zero-order valence-electron chi connectivity index (χ0n) is 14.8. The van der Waals surface area contributed by atoms with Gasteiger partial charge >= 0.3 is 0 Å². The van der Waals surface area contributed by atoms with E-state index in [2.05, 4.69) is 9.47 Å². The molecular formula is C21H23ClFN3. The predicted octanol–water partition coefficient (Wildman–Crippen LogP) is 5.25. The van der Waals surface area contributed by atoms with Gasteiger partial charge in [0.2, 0.25) is 0 Å². The van der Waals surface area contributed by atoms with E-state index in [9.17, 15) is 4.39 Å². The maximum atomic E-state index is 14.4. The molecule has 3 aromatic rings.